The summed E-state index contributed by atoms with van der Waals surface area (Å²) in [4.78, 5) is 16.0. The van der Waals surface area contributed by atoms with Gasteiger partial charge in [-0.1, -0.05) is 5.16 Å². The Kier molecular flexibility index (Phi) is 4.68. The van der Waals surface area contributed by atoms with Gasteiger partial charge in [-0.2, -0.15) is 0 Å². The lowest BCUT2D eigenvalue weighted by Crippen LogP contribution is -2.26. The van der Waals surface area contributed by atoms with E-state index in [2.05, 4.69) is 20.4 Å². The fourth-order valence-electron chi connectivity index (χ4n) is 0.773. The minimum atomic E-state index is -0.628. The van der Waals surface area contributed by atoms with Gasteiger partial charge in [0.05, 0.1) is 19.8 Å². The van der Waals surface area contributed by atoms with Crippen LogP contribution in [0.1, 0.15) is 16.2 Å². The molecule has 0 aliphatic carbocycles. The van der Waals surface area contributed by atoms with E-state index in [1.807, 2.05) is 0 Å². The van der Waals surface area contributed by atoms with Crippen molar-refractivity contribution < 1.29 is 24.1 Å². The molecule has 84 valence electrons. The molecule has 0 saturated carbocycles. The van der Waals surface area contributed by atoms with E-state index in [1.165, 1.54) is 7.11 Å². The van der Waals surface area contributed by atoms with Crippen molar-refractivity contribution in [1.82, 2.24) is 15.8 Å². The quantitative estimate of drug-likeness (QED) is 0.458. The third-order valence-corrected chi connectivity index (χ3v) is 1.48. The van der Waals surface area contributed by atoms with E-state index in [0.717, 1.165) is 0 Å². The SMILES string of the molecule is COCCONC(=O)c1nonc1CO. The van der Waals surface area contributed by atoms with Crippen molar-refractivity contribution in [2.75, 3.05) is 20.3 Å². The second-order valence-electron chi connectivity index (χ2n) is 2.49. The van der Waals surface area contributed by atoms with Gasteiger partial charge in [-0.15, -0.1) is 0 Å². The van der Waals surface area contributed by atoms with E-state index < -0.39 is 12.5 Å². The van der Waals surface area contributed by atoms with Gasteiger partial charge in [0.1, 0.15) is 5.69 Å². The van der Waals surface area contributed by atoms with Crippen LogP contribution in [0.5, 0.6) is 0 Å². The molecule has 0 saturated heterocycles. The number of aromatic nitrogens is 2. The molecule has 0 atom stereocenters. The highest BCUT2D eigenvalue weighted by Crippen LogP contribution is 2.01. The highest BCUT2D eigenvalue weighted by atomic mass is 16.7. The Morgan fingerprint density at radius 3 is 3.00 bits per heavy atom. The van der Waals surface area contributed by atoms with E-state index in [-0.39, 0.29) is 18.0 Å². The zero-order valence-corrected chi connectivity index (χ0v) is 8.10. The van der Waals surface area contributed by atoms with E-state index in [0.29, 0.717) is 6.61 Å². The molecule has 0 fully saturated rings. The van der Waals surface area contributed by atoms with Crippen LogP contribution in [-0.4, -0.2) is 41.7 Å². The molecule has 1 rings (SSSR count). The molecule has 8 heteroatoms. The van der Waals surface area contributed by atoms with E-state index >= 15 is 0 Å². The number of aliphatic hydroxyl groups is 1. The van der Waals surface area contributed by atoms with E-state index in [4.69, 9.17) is 14.7 Å². The average Bonchev–Trinajstić information content (AvgIpc) is 2.72. The van der Waals surface area contributed by atoms with Crippen LogP contribution >= 0.6 is 0 Å². The number of hydroxylamine groups is 1. The predicted molar refractivity (Wildman–Crippen MR) is 45.5 cm³/mol. The third-order valence-electron chi connectivity index (χ3n) is 1.48. The molecular formula is C7H11N3O5. The van der Waals surface area contributed by atoms with Crippen LogP contribution in [0, 0.1) is 0 Å². The lowest BCUT2D eigenvalue weighted by atomic mass is 10.3. The Labute approximate surface area is 85.1 Å². The second-order valence-corrected chi connectivity index (χ2v) is 2.49. The highest BCUT2D eigenvalue weighted by molar-refractivity contribution is 5.92. The number of hydrogen-bond donors (Lipinski definition) is 2. The number of carbonyl (C=O) groups excluding carboxylic acids is 1. The summed E-state index contributed by atoms with van der Waals surface area (Å²) < 4.78 is 8.98. The molecule has 0 spiro atoms. The van der Waals surface area contributed by atoms with Gasteiger partial charge in [-0.05, 0) is 5.16 Å². The number of nitrogens with zero attached hydrogens (tertiary/aromatic N) is 2. The van der Waals surface area contributed by atoms with Crippen LogP contribution in [0.25, 0.3) is 0 Å². The summed E-state index contributed by atoms with van der Waals surface area (Å²) in [6.07, 6.45) is 0. The summed E-state index contributed by atoms with van der Waals surface area (Å²) in [5.74, 6) is -0.628. The Morgan fingerprint density at radius 1 is 1.53 bits per heavy atom. The molecule has 2 N–H and O–H groups in total. The fourth-order valence-corrected chi connectivity index (χ4v) is 0.773. The van der Waals surface area contributed by atoms with Crippen LogP contribution in [-0.2, 0) is 16.2 Å². The standard InChI is InChI=1S/C7H11N3O5/c1-13-2-3-14-10-7(12)6-5(4-11)8-15-9-6/h11H,2-4H2,1H3,(H,10,12). The zero-order chi connectivity index (χ0) is 11.1. The first-order valence-corrected chi connectivity index (χ1v) is 4.13. The van der Waals surface area contributed by atoms with Gasteiger partial charge >= 0.3 is 0 Å². The molecular weight excluding hydrogens is 206 g/mol. The summed E-state index contributed by atoms with van der Waals surface area (Å²) in [5.41, 5.74) is 2.06. The van der Waals surface area contributed by atoms with E-state index in [9.17, 15) is 4.79 Å². The van der Waals surface area contributed by atoms with Gasteiger partial charge in [0.2, 0.25) is 0 Å². The first kappa shape index (κ1) is 11.6. The lowest BCUT2D eigenvalue weighted by Gasteiger charge is -2.02. The summed E-state index contributed by atoms with van der Waals surface area (Å²) in [7, 11) is 1.51. The number of ether oxygens (including phenoxy) is 1. The Balaban J connectivity index is 2.40. The number of rotatable bonds is 6. The van der Waals surface area contributed by atoms with Crippen molar-refractivity contribution in [2.24, 2.45) is 0 Å². The Bertz CT molecular complexity index is 313. The highest BCUT2D eigenvalue weighted by Gasteiger charge is 2.17. The normalized spacial score (nSPS) is 10.3. The molecule has 1 aromatic heterocycles. The summed E-state index contributed by atoms with van der Waals surface area (Å²) in [6.45, 7) is 0.135. The number of methoxy groups -OCH3 is 1. The van der Waals surface area contributed by atoms with Gasteiger partial charge in [0, 0.05) is 7.11 Å². The molecule has 1 aromatic rings. The lowest BCUT2D eigenvalue weighted by molar-refractivity contribution is 0.00825. The van der Waals surface area contributed by atoms with Crippen LogP contribution in [0.3, 0.4) is 0 Å². The summed E-state index contributed by atoms with van der Waals surface area (Å²) >= 11 is 0. The Hall–Kier alpha value is -1.51. The number of aliphatic hydroxyl groups excluding tert-OH is 1. The molecule has 0 unspecified atom stereocenters. The summed E-state index contributed by atoms with van der Waals surface area (Å²) in [6, 6.07) is 0. The number of carbonyl (C=O) groups is 1. The van der Waals surface area contributed by atoms with Gasteiger partial charge in [-0.3, -0.25) is 9.63 Å². The minimum absolute atomic E-state index is 0.0582. The van der Waals surface area contributed by atoms with Crippen molar-refractivity contribution in [3.05, 3.63) is 11.4 Å². The van der Waals surface area contributed by atoms with Crippen LogP contribution in [0.15, 0.2) is 4.63 Å². The maximum Gasteiger partial charge on any atom is 0.299 e. The monoisotopic (exact) mass is 217 g/mol. The van der Waals surface area contributed by atoms with E-state index in [1.54, 1.807) is 0 Å². The molecule has 0 bridgehead atoms. The molecule has 1 heterocycles. The van der Waals surface area contributed by atoms with Gasteiger partial charge in [0.15, 0.2) is 5.69 Å². The largest absolute Gasteiger partial charge is 0.390 e. The maximum atomic E-state index is 11.3. The van der Waals surface area contributed by atoms with Crippen molar-refractivity contribution in [3.63, 3.8) is 0 Å². The molecule has 0 aliphatic heterocycles. The number of nitrogens with one attached hydrogen (secondary N) is 1. The smallest absolute Gasteiger partial charge is 0.299 e. The van der Waals surface area contributed by atoms with Crippen molar-refractivity contribution in [1.29, 1.82) is 0 Å². The zero-order valence-electron chi connectivity index (χ0n) is 8.10. The molecule has 0 aromatic carbocycles. The van der Waals surface area contributed by atoms with Crippen LogP contribution < -0.4 is 5.48 Å². The second kappa shape index (κ2) is 6.06. The molecule has 0 radical (unpaired) electrons. The fraction of sp³-hybridized carbons (Fsp3) is 0.571. The van der Waals surface area contributed by atoms with Crippen molar-refractivity contribution in [2.45, 2.75) is 6.61 Å². The topological polar surface area (TPSA) is 107 Å². The maximum absolute atomic E-state index is 11.3. The number of amides is 1. The van der Waals surface area contributed by atoms with Gasteiger partial charge < -0.3 is 9.84 Å². The molecule has 15 heavy (non-hydrogen) atoms. The molecule has 0 aliphatic rings. The van der Waals surface area contributed by atoms with Crippen LogP contribution in [0.2, 0.25) is 0 Å². The van der Waals surface area contributed by atoms with Crippen LogP contribution in [0.4, 0.5) is 0 Å². The van der Waals surface area contributed by atoms with Gasteiger partial charge in [-0.25, -0.2) is 10.1 Å². The van der Waals surface area contributed by atoms with Gasteiger partial charge in [0.25, 0.3) is 5.91 Å². The first-order chi connectivity index (χ1) is 7.29. The van der Waals surface area contributed by atoms with Crippen molar-refractivity contribution in [3.8, 4) is 0 Å². The minimum Gasteiger partial charge on any atom is -0.390 e. The molecule has 8 nitrogen and oxygen atoms in total. The third kappa shape index (κ3) is 3.27. The predicted octanol–water partition coefficient (Wildman–Crippen LogP) is -1.13. The van der Waals surface area contributed by atoms with Crippen molar-refractivity contribution >= 4 is 5.91 Å². The summed E-state index contributed by atoms with van der Waals surface area (Å²) in [5, 5.41) is 15.4. The Morgan fingerprint density at radius 2 is 2.33 bits per heavy atom. The number of hydrogen-bond acceptors (Lipinski definition) is 7. The average molecular weight is 217 g/mol. The molecule has 1 amide bonds. The first-order valence-electron chi connectivity index (χ1n) is 4.13.